The molecule has 0 saturated carbocycles. The number of nitrogens with one attached hydrogen (secondary N) is 2. The Morgan fingerprint density at radius 3 is 2.91 bits per heavy atom. The highest BCUT2D eigenvalue weighted by Crippen LogP contribution is 2.38. The van der Waals surface area contributed by atoms with Crippen LogP contribution in [-0.2, 0) is 6.42 Å². The molecule has 5 heteroatoms. The van der Waals surface area contributed by atoms with E-state index in [1.807, 2.05) is 24.4 Å². The van der Waals surface area contributed by atoms with E-state index in [0.717, 1.165) is 46.7 Å². The minimum Gasteiger partial charge on any atom is -0.454 e. The molecular weight excluding hydrogens is 290 g/mol. The minimum atomic E-state index is 0.270. The van der Waals surface area contributed by atoms with Gasteiger partial charge in [-0.3, -0.25) is 4.98 Å². The molecule has 2 aliphatic rings. The number of hydrogen-bond donors (Lipinski definition) is 2. The lowest BCUT2D eigenvalue weighted by Crippen LogP contribution is -1.94. The van der Waals surface area contributed by atoms with Gasteiger partial charge in [-0.1, -0.05) is 0 Å². The summed E-state index contributed by atoms with van der Waals surface area (Å²) in [5, 5.41) is 7.91. The van der Waals surface area contributed by atoms with Crippen molar-refractivity contribution in [3.05, 3.63) is 48.2 Å². The average Bonchev–Trinajstić information content (AvgIpc) is 3.21. The molecule has 3 aromatic rings. The first-order valence-corrected chi connectivity index (χ1v) is 7.69. The molecule has 0 spiro atoms. The number of rotatable bonds is 2. The van der Waals surface area contributed by atoms with Gasteiger partial charge in [-0.05, 0) is 42.3 Å². The Bertz CT molecular complexity index is 924. The SMILES string of the molecule is c1cc(Nc2ccc3c(c2)CCN3)c2cc3c(cc2n1)OCO3. The number of ether oxygens (including phenoxy) is 2. The summed E-state index contributed by atoms with van der Waals surface area (Å²) in [4.78, 5) is 4.43. The summed E-state index contributed by atoms with van der Waals surface area (Å²) in [5.74, 6) is 1.53. The van der Waals surface area contributed by atoms with Crippen LogP contribution in [0, 0.1) is 0 Å². The quantitative estimate of drug-likeness (QED) is 0.756. The van der Waals surface area contributed by atoms with Crippen LogP contribution in [-0.4, -0.2) is 18.3 Å². The maximum atomic E-state index is 5.49. The molecule has 0 amide bonds. The van der Waals surface area contributed by atoms with Gasteiger partial charge in [-0.15, -0.1) is 0 Å². The fourth-order valence-corrected chi connectivity index (χ4v) is 3.18. The molecule has 5 nitrogen and oxygen atoms in total. The molecule has 2 N–H and O–H groups in total. The lowest BCUT2D eigenvalue weighted by Gasteiger charge is -2.11. The van der Waals surface area contributed by atoms with E-state index in [4.69, 9.17) is 9.47 Å². The highest BCUT2D eigenvalue weighted by Gasteiger charge is 2.16. The lowest BCUT2D eigenvalue weighted by atomic mass is 10.1. The van der Waals surface area contributed by atoms with Gasteiger partial charge in [0.05, 0.1) is 5.52 Å². The Labute approximate surface area is 133 Å². The van der Waals surface area contributed by atoms with E-state index < -0.39 is 0 Å². The van der Waals surface area contributed by atoms with Crippen LogP contribution in [0.2, 0.25) is 0 Å². The number of benzene rings is 2. The van der Waals surface area contributed by atoms with E-state index in [1.54, 1.807) is 0 Å². The Hall–Kier alpha value is -2.95. The maximum Gasteiger partial charge on any atom is 0.231 e. The zero-order valence-corrected chi connectivity index (χ0v) is 12.4. The molecule has 5 rings (SSSR count). The van der Waals surface area contributed by atoms with Crippen molar-refractivity contribution in [1.29, 1.82) is 0 Å². The molecule has 0 unspecified atom stereocenters. The van der Waals surface area contributed by atoms with Crippen LogP contribution in [0.5, 0.6) is 11.5 Å². The molecule has 0 radical (unpaired) electrons. The first kappa shape index (κ1) is 12.6. The molecule has 2 aliphatic heterocycles. The summed E-state index contributed by atoms with van der Waals surface area (Å²) >= 11 is 0. The van der Waals surface area contributed by atoms with Crippen molar-refractivity contribution >= 4 is 28.0 Å². The van der Waals surface area contributed by atoms with Gasteiger partial charge in [0.25, 0.3) is 0 Å². The van der Waals surface area contributed by atoms with E-state index >= 15 is 0 Å². The van der Waals surface area contributed by atoms with E-state index in [1.165, 1.54) is 11.3 Å². The summed E-state index contributed by atoms with van der Waals surface area (Å²) in [6.45, 7) is 1.28. The number of hydrogen-bond acceptors (Lipinski definition) is 5. The molecule has 0 fully saturated rings. The summed E-state index contributed by atoms with van der Waals surface area (Å²) in [5.41, 5.74) is 5.57. The van der Waals surface area contributed by atoms with Gasteiger partial charge in [-0.2, -0.15) is 0 Å². The van der Waals surface area contributed by atoms with E-state index in [2.05, 4.69) is 33.8 Å². The topological polar surface area (TPSA) is 55.4 Å². The molecule has 23 heavy (non-hydrogen) atoms. The van der Waals surface area contributed by atoms with E-state index in [0.29, 0.717) is 0 Å². The highest BCUT2D eigenvalue weighted by atomic mass is 16.7. The van der Waals surface area contributed by atoms with E-state index in [-0.39, 0.29) is 6.79 Å². The van der Waals surface area contributed by atoms with Crippen LogP contribution in [0.15, 0.2) is 42.6 Å². The Morgan fingerprint density at radius 1 is 1.04 bits per heavy atom. The van der Waals surface area contributed by atoms with Gasteiger partial charge in [0.15, 0.2) is 11.5 Å². The van der Waals surface area contributed by atoms with Gasteiger partial charge in [0, 0.05) is 41.3 Å². The third kappa shape index (κ3) is 2.04. The predicted octanol–water partition coefficient (Wildman–Crippen LogP) is 3.68. The van der Waals surface area contributed by atoms with Crippen molar-refractivity contribution in [1.82, 2.24) is 4.98 Å². The lowest BCUT2D eigenvalue weighted by molar-refractivity contribution is 0.174. The van der Waals surface area contributed by atoms with Gasteiger partial charge in [0.1, 0.15) is 0 Å². The van der Waals surface area contributed by atoms with Crippen molar-refractivity contribution in [3.63, 3.8) is 0 Å². The third-order valence-electron chi connectivity index (χ3n) is 4.33. The fraction of sp³-hybridized carbons (Fsp3) is 0.167. The van der Waals surface area contributed by atoms with Crippen LogP contribution < -0.4 is 20.1 Å². The molecule has 3 heterocycles. The normalized spacial score (nSPS) is 14.6. The number of aromatic nitrogens is 1. The van der Waals surface area contributed by atoms with Crippen molar-refractivity contribution < 1.29 is 9.47 Å². The standard InChI is InChI=1S/C18H15N3O2/c1-2-14-11(3-5-19-14)7-12(1)21-15-4-6-20-16-9-18-17(8-13(15)16)22-10-23-18/h1-2,4,6-9,19H,3,5,10H2,(H,20,21). The molecule has 0 saturated heterocycles. The second-order valence-electron chi connectivity index (χ2n) is 5.75. The first-order chi connectivity index (χ1) is 11.4. The Kier molecular flexibility index (Phi) is 2.61. The molecule has 2 aromatic carbocycles. The first-order valence-electron chi connectivity index (χ1n) is 7.69. The van der Waals surface area contributed by atoms with Crippen LogP contribution in [0.4, 0.5) is 17.1 Å². The summed E-state index contributed by atoms with van der Waals surface area (Å²) in [6, 6.07) is 12.3. The number of fused-ring (bicyclic) bond motifs is 3. The molecule has 0 aliphatic carbocycles. The fourth-order valence-electron chi connectivity index (χ4n) is 3.18. The van der Waals surface area contributed by atoms with Crippen molar-refractivity contribution in [2.75, 3.05) is 24.0 Å². The van der Waals surface area contributed by atoms with Crippen molar-refractivity contribution in [3.8, 4) is 11.5 Å². The summed E-state index contributed by atoms with van der Waals surface area (Å²) in [7, 11) is 0. The van der Waals surface area contributed by atoms with Gasteiger partial charge >= 0.3 is 0 Å². The third-order valence-corrected chi connectivity index (χ3v) is 4.33. The number of nitrogens with zero attached hydrogens (tertiary/aromatic N) is 1. The second kappa shape index (κ2) is 4.78. The number of anilines is 3. The van der Waals surface area contributed by atoms with Gasteiger partial charge in [0.2, 0.25) is 6.79 Å². The molecule has 0 atom stereocenters. The summed E-state index contributed by atoms with van der Waals surface area (Å²) < 4.78 is 10.9. The summed E-state index contributed by atoms with van der Waals surface area (Å²) in [6.07, 6.45) is 2.88. The number of pyridine rings is 1. The highest BCUT2D eigenvalue weighted by molar-refractivity contribution is 5.95. The monoisotopic (exact) mass is 305 g/mol. The van der Waals surface area contributed by atoms with Crippen molar-refractivity contribution in [2.45, 2.75) is 6.42 Å². The zero-order chi connectivity index (χ0) is 15.2. The largest absolute Gasteiger partial charge is 0.454 e. The molecule has 0 bridgehead atoms. The van der Waals surface area contributed by atoms with Crippen LogP contribution in [0.3, 0.4) is 0 Å². The van der Waals surface area contributed by atoms with Gasteiger partial charge < -0.3 is 20.1 Å². The minimum absolute atomic E-state index is 0.270. The average molecular weight is 305 g/mol. The Morgan fingerprint density at radius 2 is 1.96 bits per heavy atom. The van der Waals surface area contributed by atoms with Crippen LogP contribution in [0.1, 0.15) is 5.56 Å². The smallest absolute Gasteiger partial charge is 0.231 e. The zero-order valence-electron chi connectivity index (χ0n) is 12.4. The Balaban J connectivity index is 1.57. The van der Waals surface area contributed by atoms with Crippen LogP contribution >= 0.6 is 0 Å². The molecule has 114 valence electrons. The molecule has 1 aromatic heterocycles. The molecular formula is C18H15N3O2. The predicted molar refractivity (Wildman–Crippen MR) is 89.8 cm³/mol. The maximum absolute atomic E-state index is 5.49. The van der Waals surface area contributed by atoms with Gasteiger partial charge in [-0.25, -0.2) is 0 Å². The second-order valence-corrected chi connectivity index (χ2v) is 5.75. The van der Waals surface area contributed by atoms with E-state index in [9.17, 15) is 0 Å². The van der Waals surface area contributed by atoms with Crippen LogP contribution in [0.25, 0.3) is 10.9 Å². The van der Waals surface area contributed by atoms with Crippen molar-refractivity contribution in [2.24, 2.45) is 0 Å².